The second-order valence-corrected chi connectivity index (χ2v) is 6.56. The van der Waals surface area contributed by atoms with Crippen molar-refractivity contribution < 1.29 is 24.3 Å². The molecule has 1 unspecified atom stereocenters. The summed E-state index contributed by atoms with van der Waals surface area (Å²) in [5.41, 5.74) is 0.562. The molecule has 0 radical (unpaired) electrons. The summed E-state index contributed by atoms with van der Waals surface area (Å²) in [6, 6.07) is 8.76. The van der Waals surface area contributed by atoms with Crippen molar-refractivity contribution in [1.82, 2.24) is 9.80 Å². The van der Waals surface area contributed by atoms with Crippen molar-refractivity contribution in [2.24, 2.45) is 5.92 Å². The summed E-state index contributed by atoms with van der Waals surface area (Å²) < 4.78 is 0. The molecule has 0 saturated carbocycles. The molecule has 1 aliphatic rings. The standard InChI is InChI=1S/C19H24N2O5/c1-20(13-18(24)21-11-5-8-15(12-21)19(25)26)17(23)10-9-16(22)14-6-3-2-4-7-14/h2-4,6-7,15H,5,8-13H2,1H3,(H,25,26). The number of hydrogen-bond donors (Lipinski definition) is 1. The van der Waals surface area contributed by atoms with Crippen LogP contribution in [0.1, 0.15) is 36.0 Å². The highest BCUT2D eigenvalue weighted by molar-refractivity contribution is 5.98. The van der Waals surface area contributed by atoms with Gasteiger partial charge in [-0.1, -0.05) is 30.3 Å². The molecule has 2 amide bonds. The quantitative estimate of drug-likeness (QED) is 0.742. The lowest BCUT2D eigenvalue weighted by atomic mass is 9.98. The van der Waals surface area contributed by atoms with Crippen LogP contribution in [0.25, 0.3) is 0 Å². The lowest BCUT2D eigenvalue weighted by Crippen LogP contribution is -2.46. The van der Waals surface area contributed by atoms with Crippen molar-refractivity contribution in [3.8, 4) is 0 Å². The second kappa shape index (κ2) is 9.12. The van der Waals surface area contributed by atoms with Crippen molar-refractivity contribution in [3.05, 3.63) is 35.9 Å². The smallest absolute Gasteiger partial charge is 0.308 e. The first-order valence-corrected chi connectivity index (χ1v) is 8.71. The lowest BCUT2D eigenvalue weighted by Gasteiger charge is -2.32. The first-order chi connectivity index (χ1) is 12.4. The van der Waals surface area contributed by atoms with Crippen molar-refractivity contribution in [1.29, 1.82) is 0 Å². The molecule has 1 aromatic carbocycles. The molecule has 1 fully saturated rings. The Balaban J connectivity index is 1.80. The largest absolute Gasteiger partial charge is 0.481 e. The minimum absolute atomic E-state index is 0.0370. The Morgan fingerprint density at radius 3 is 2.50 bits per heavy atom. The van der Waals surface area contributed by atoms with Crippen LogP contribution in [0.4, 0.5) is 0 Å². The Bertz CT molecular complexity index is 674. The molecule has 1 atom stereocenters. The topological polar surface area (TPSA) is 95.0 Å². The number of likely N-dealkylation sites (N-methyl/N-ethyl adjacent to an activating group) is 1. The van der Waals surface area contributed by atoms with E-state index in [1.807, 2.05) is 6.07 Å². The summed E-state index contributed by atoms with van der Waals surface area (Å²) in [7, 11) is 1.52. The first-order valence-electron chi connectivity index (χ1n) is 8.71. The van der Waals surface area contributed by atoms with E-state index in [9.17, 15) is 19.2 Å². The molecule has 2 rings (SSSR count). The van der Waals surface area contributed by atoms with E-state index in [1.165, 1.54) is 16.8 Å². The number of hydrogen-bond acceptors (Lipinski definition) is 4. The number of likely N-dealkylation sites (tertiary alicyclic amines) is 1. The number of Topliss-reactive ketones (excluding diaryl/α,β-unsaturated/α-hetero) is 1. The van der Waals surface area contributed by atoms with Gasteiger partial charge in [0.15, 0.2) is 5.78 Å². The van der Waals surface area contributed by atoms with Crippen LogP contribution < -0.4 is 0 Å². The zero-order chi connectivity index (χ0) is 19.1. The van der Waals surface area contributed by atoms with Crippen LogP contribution in [0.15, 0.2) is 30.3 Å². The number of ketones is 1. The minimum Gasteiger partial charge on any atom is -0.481 e. The van der Waals surface area contributed by atoms with E-state index in [0.29, 0.717) is 24.9 Å². The number of piperidine rings is 1. The highest BCUT2D eigenvalue weighted by Gasteiger charge is 2.29. The maximum atomic E-state index is 12.3. The second-order valence-electron chi connectivity index (χ2n) is 6.56. The summed E-state index contributed by atoms with van der Waals surface area (Å²) in [6.07, 6.45) is 1.34. The number of carbonyl (C=O) groups excluding carboxylic acids is 3. The predicted octanol–water partition coefficient (Wildman–Crippen LogP) is 1.43. The Kier molecular flexibility index (Phi) is 6.89. The third-order valence-electron chi connectivity index (χ3n) is 4.58. The summed E-state index contributed by atoms with van der Waals surface area (Å²) in [5.74, 6) is -2.10. The van der Waals surface area contributed by atoms with Crippen LogP contribution in [0, 0.1) is 5.92 Å². The summed E-state index contributed by atoms with van der Waals surface area (Å²) in [5, 5.41) is 9.09. The van der Waals surface area contributed by atoms with Crippen LogP contribution in [0.2, 0.25) is 0 Å². The molecule has 1 saturated heterocycles. The van der Waals surface area contributed by atoms with Crippen molar-refractivity contribution in [2.75, 3.05) is 26.7 Å². The molecule has 0 bridgehead atoms. The van der Waals surface area contributed by atoms with Crippen molar-refractivity contribution in [3.63, 3.8) is 0 Å². The van der Waals surface area contributed by atoms with E-state index in [2.05, 4.69) is 0 Å². The number of nitrogens with zero attached hydrogens (tertiary/aromatic N) is 2. The fourth-order valence-corrected chi connectivity index (χ4v) is 2.98. The molecule has 140 valence electrons. The van der Waals surface area contributed by atoms with Gasteiger partial charge in [0, 0.05) is 38.5 Å². The van der Waals surface area contributed by atoms with Crippen LogP contribution in [0.3, 0.4) is 0 Å². The fourth-order valence-electron chi connectivity index (χ4n) is 2.98. The van der Waals surface area contributed by atoms with Gasteiger partial charge in [-0.3, -0.25) is 19.2 Å². The SMILES string of the molecule is CN(CC(=O)N1CCCC(C(=O)O)C1)C(=O)CCC(=O)c1ccccc1. The van der Waals surface area contributed by atoms with Gasteiger partial charge in [-0.25, -0.2) is 0 Å². The Morgan fingerprint density at radius 2 is 1.85 bits per heavy atom. The van der Waals surface area contributed by atoms with Crippen LogP contribution >= 0.6 is 0 Å². The molecule has 0 aromatic heterocycles. The van der Waals surface area contributed by atoms with Gasteiger partial charge in [-0.15, -0.1) is 0 Å². The maximum Gasteiger partial charge on any atom is 0.308 e. The molecule has 1 heterocycles. The third kappa shape index (κ3) is 5.40. The molecule has 26 heavy (non-hydrogen) atoms. The van der Waals surface area contributed by atoms with Gasteiger partial charge >= 0.3 is 5.97 Å². The number of amides is 2. The first kappa shape index (κ1) is 19.6. The van der Waals surface area contributed by atoms with Crippen LogP contribution in [-0.2, 0) is 14.4 Å². The van der Waals surface area contributed by atoms with Crippen molar-refractivity contribution in [2.45, 2.75) is 25.7 Å². The molecule has 7 nitrogen and oxygen atoms in total. The van der Waals surface area contributed by atoms with Crippen LogP contribution in [0.5, 0.6) is 0 Å². The van der Waals surface area contributed by atoms with Crippen LogP contribution in [-0.4, -0.2) is 65.2 Å². The number of carbonyl (C=O) groups is 4. The van der Waals surface area contributed by atoms with E-state index in [4.69, 9.17) is 5.11 Å². The van der Waals surface area contributed by atoms with E-state index in [-0.39, 0.29) is 43.5 Å². The Morgan fingerprint density at radius 1 is 1.15 bits per heavy atom. The van der Waals surface area contributed by atoms with Gasteiger partial charge in [0.1, 0.15) is 0 Å². The third-order valence-corrected chi connectivity index (χ3v) is 4.58. The average Bonchev–Trinajstić information content (AvgIpc) is 2.66. The number of carboxylic acid groups (broad SMARTS) is 1. The molecule has 1 aliphatic heterocycles. The molecule has 0 aliphatic carbocycles. The molecule has 0 spiro atoms. The molecule has 1 N–H and O–H groups in total. The summed E-state index contributed by atoms with van der Waals surface area (Å²) >= 11 is 0. The van der Waals surface area contributed by atoms with E-state index in [1.54, 1.807) is 24.3 Å². The number of rotatable bonds is 7. The van der Waals surface area contributed by atoms with Gasteiger partial charge in [-0.05, 0) is 12.8 Å². The normalized spacial score (nSPS) is 16.8. The molecular formula is C19H24N2O5. The summed E-state index contributed by atoms with van der Waals surface area (Å²) in [6.45, 7) is 0.588. The Hall–Kier alpha value is -2.70. The van der Waals surface area contributed by atoms with Gasteiger partial charge < -0.3 is 14.9 Å². The highest BCUT2D eigenvalue weighted by Crippen LogP contribution is 2.17. The maximum absolute atomic E-state index is 12.3. The molecule has 1 aromatic rings. The van der Waals surface area contributed by atoms with Gasteiger partial charge in [-0.2, -0.15) is 0 Å². The highest BCUT2D eigenvalue weighted by atomic mass is 16.4. The molecular weight excluding hydrogens is 336 g/mol. The summed E-state index contributed by atoms with van der Waals surface area (Å²) in [4.78, 5) is 50.4. The lowest BCUT2D eigenvalue weighted by molar-refractivity contribution is -0.147. The minimum atomic E-state index is -0.897. The predicted molar refractivity (Wildman–Crippen MR) is 94.6 cm³/mol. The average molecular weight is 360 g/mol. The zero-order valence-electron chi connectivity index (χ0n) is 14.9. The van der Waals surface area contributed by atoms with Crippen molar-refractivity contribution >= 4 is 23.6 Å². The van der Waals surface area contributed by atoms with Gasteiger partial charge in [0.2, 0.25) is 11.8 Å². The van der Waals surface area contributed by atoms with E-state index in [0.717, 1.165) is 0 Å². The van der Waals surface area contributed by atoms with Gasteiger partial charge in [0.05, 0.1) is 12.5 Å². The van der Waals surface area contributed by atoms with Gasteiger partial charge in [0.25, 0.3) is 0 Å². The number of carboxylic acids is 1. The monoisotopic (exact) mass is 360 g/mol. The fraction of sp³-hybridized carbons (Fsp3) is 0.474. The zero-order valence-corrected chi connectivity index (χ0v) is 14.9. The molecule has 7 heteroatoms. The van der Waals surface area contributed by atoms with E-state index < -0.39 is 11.9 Å². The number of benzene rings is 1. The van der Waals surface area contributed by atoms with E-state index >= 15 is 0 Å². The number of aliphatic carboxylic acids is 1. The Labute approximate surface area is 152 Å².